The number of ether oxygens (including phenoxy) is 1. The van der Waals surface area contributed by atoms with E-state index in [-0.39, 0.29) is 10.6 Å². The van der Waals surface area contributed by atoms with Gasteiger partial charge in [-0.05, 0) is 18.6 Å². The summed E-state index contributed by atoms with van der Waals surface area (Å²) in [5.41, 5.74) is -0.479. The zero-order chi connectivity index (χ0) is 15.3. The molecule has 0 saturated carbocycles. The van der Waals surface area contributed by atoms with Crippen molar-refractivity contribution in [2.75, 3.05) is 20.7 Å². The summed E-state index contributed by atoms with van der Waals surface area (Å²) in [6.07, 6.45) is 1.53. The Hall–Kier alpha value is -1.67. The highest BCUT2D eigenvalue weighted by Gasteiger charge is 2.29. The summed E-state index contributed by atoms with van der Waals surface area (Å²) in [7, 11) is -1.10. The van der Waals surface area contributed by atoms with Crippen molar-refractivity contribution < 1.29 is 18.1 Å². The first kappa shape index (κ1) is 16.4. The quantitative estimate of drug-likeness (QED) is 0.568. The van der Waals surface area contributed by atoms with Gasteiger partial charge in [0.25, 0.3) is 5.69 Å². The van der Waals surface area contributed by atoms with Crippen LogP contribution in [0.5, 0.6) is 5.75 Å². The maximum absolute atomic E-state index is 12.3. The Morgan fingerprint density at radius 3 is 2.55 bits per heavy atom. The van der Waals surface area contributed by atoms with Crippen LogP contribution in [-0.4, -0.2) is 38.3 Å². The topological polar surface area (TPSA) is 89.8 Å². The molecule has 0 aromatic heterocycles. The number of hydrogen-bond donors (Lipinski definition) is 0. The summed E-state index contributed by atoms with van der Waals surface area (Å²) >= 11 is 0. The van der Waals surface area contributed by atoms with Crippen LogP contribution < -0.4 is 4.74 Å². The monoisotopic (exact) mass is 302 g/mol. The standard InChI is InChI=1S/C12H18N2O5S/c1-4-5-8-13(2)20(17,18)12-7-6-10(19-3)9-11(12)14(15)16/h6-7,9H,4-5,8H2,1-3H3. The molecule has 1 rings (SSSR count). The van der Waals surface area contributed by atoms with Crippen molar-refractivity contribution in [1.29, 1.82) is 0 Å². The molecule has 0 radical (unpaired) electrons. The fraction of sp³-hybridized carbons (Fsp3) is 0.500. The highest BCUT2D eigenvalue weighted by atomic mass is 32.2. The smallest absolute Gasteiger partial charge is 0.293 e. The lowest BCUT2D eigenvalue weighted by Gasteiger charge is -2.16. The number of benzene rings is 1. The maximum Gasteiger partial charge on any atom is 0.293 e. The van der Waals surface area contributed by atoms with Crippen LogP contribution in [0.4, 0.5) is 5.69 Å². The molecule has 0 N–H and O–H groups in total. The number of nitro groups is 1. The number of nitro benzene ring substituents is 1. The molecule has 1 aromatic rings. The van der Waals surface area contributed by atoms with Gasteiger partial charge in [0.15, 0.2) is 4.90 Å². The summed E-state index contributed by atoms with van der Waals surface area (Å²) in [5, 5.41) is 11.0. The number of sulfonamides is 1. The van der Waals surface area contributed by atoms with E-state index in [1.54, 1.807) is 0 Å². The summed E-state index contributed by atoms with van der Waals surface area (Å²) in [5.74, 6) is 0.242. The van der Waals surface area contributed by atoms with Crippen LogP contribution in [0.25, 0.3) is 0 Å². The molecule has 0 saturated heterocycles. The minimum Gasteiger partial charge on any atom is -0.497 e. The van der Waals surface area contributed by atoms with Gasteiger partial charge in [-0.15, -0.1) is 0 Å². The molecule has 0 aliphatic carbocycles. The van der Waals surface area contributed by atoms with E-state index in [4.69, 9.17) is 4.74 Å². The molecule has 0 spiro atoms. The molecule has 112 valence electrons. The Labute approximate surface area is 118 Å². The van der Waals surface area contributed by atoms with E-state index < -0.39 is 20.6 Å². The average molecular weight is 302 g/mol. The van der Waals surface area contributed by atoms with Crippen LogP contribution in [0.1, 0.15) is 19.8 Å². The molecular weight excluding hydrogens is 284 g/mol. The van der Waals surface area contributed by atoms with Crippen molar-refractivity contribution >= 4 is 15.7 Å². The van der Waals surface area contributed by atoms with Gasteiger partial charge in [0.2, 0.25) is 10.0 Å². The van der Waals surface area contributed by atoms with Crippen molar-refractivity contribution in [3.63, 3.8) is 0 Å². The second-order valence-electron chi connectivity index (χ2n) is 4.27. The Morgan fingerprint density at radius 1 is 1.40 bits per heavy atom. The minimum atomic E-state index is -3.88. The second-order valence-corrected chi connectivity index (χ2v) is 6.28. The van der Waals surface area contributed by atoms with Gasteiger partial charge in [-0.25, -0.2) is 12.7 Å². The van der Waals surface area contributed by atoms with Crippen LogP contribution in [0.3, 0.4) is 0 Å². The van der Waals surface area contributed by atoms with Crippen molar-refractivity contribution in [2.24, 2.45) is 0 Å². The van der Waals surface area contributed by atoms with E-state index in [9.17, 15) is 18.5 Å². The average Bonchev–Trinajstić information content (AvgIpc) is 2.43. The van der Waals surface area contributed by atoms with Crippen LogP contribution in [0, 0.1) is 10.1 Å². The molecule has 0 unspecified atom stereocenters. The summed E-state index contributed by atoms with van der Waals surface area (Å²) in [6, 6.07) is 3.71. The fourth-order valence-electron chi connectivity index (χ4n) is 1.65. The summed E-state index contributed by atoms with van der Waals surface area (Å²) in [4.78, 5) is 10.0. The Morgan fingerprint density at radius 2 is 2.05 bits per heavy atom. The highest BCUT2D eigenvalue weighted by molar-refractivity contribution is 7.89. The molecule has 8 heteroatoms. The SMILES string of the molecule is CCCCN(C)S(=O)(=O)c1ccc(OC)cc1[N+](=O)[O-]. The third-order valence-electron chi connectivity index (χ3n) is 2.88. The van der Waals surface area contributed by atoms with Crippen molar-refractivity contribution in [3.8, 4) is 5.75 Å². The molecule has 20 heavy (non-hydrogen) atoms. The van der Waals surface area contributed by atoms with Crippen LogP contribution >= 0.6 is 0 Å². The number of hydrogen-bond acceptors (Lipinski definition) is 5. The molecular formula is C12H18N2O5S. The zero-order valence-corrected chi connectivity index (χ0v) is 12.5. The Bertz CT molecular complexity index is 586. The lowest BCUT2D eigenvalue weighted by Crippen LogP contribution is -2.28. The van der Waals surface area contributed by atoms with E-state index in [0.29, 0.717) is 13.0 Å². The van der Waals surface area contributed by atoms with Gasteiger partial charge < -0.3 is 4.74 Å². The van der Waals surface area contributed by atoms with Gasteiger partial charge >= 0.3 is 0 Å². The van der Waals surface area contributed by atoms with E-state index in [1.807, 2.05) is 6.92 Å². The van der Waals surface area contributed by atoms with Crippen molar-refractivity contribution in [2.45, 2.75) is 24.7 Å². The first-order valence-corrected chi connectivity index (χ1v) is 7.57. The zero-order valence-electron chi connectivity index (χ0n) is 11.7. The van der Waals surface area contributed by atoms with Gasteiger partial charge in [0, 0.05) is 13.6 Å². The van der Waals surface area contributed by atoms with Crippen molar-refractivity contribution in [3.05, 3.63) is 28.3 Å². The van der Waals surface area contributed by atoms with Gasteiger partial charge in [-0.1, -0.05) is 13.3 Å². The Kier molecular flexibility index (Phi) is 5.46. The third-order valence-corrected chi connectivity index (χ3v) is 4.78. The lowest BCUT2D eigenvalue weighted by molar-refractivity contribution is -0.387. The normalized spacial score (nSPS) is 11.6. The van der Waals surface area contributed by atoms with Gasteiger partial charge in [0.05, 0.1) is 18.1 Å². The molecule has 0 aliphatic heterocycles. The van der Waals surface area contributed by atoms with Crippen LogP contribution in [0.2, 0.25) is 0 Å². The molecule has 0 bridgehead atoms. The minimum absolute atomic E-state index is 0.242. The van der Waals surface area contributed by atoms with E-state index in [0.717, 1.165) is 16.8 Å². The Balaban J connectivity index is 3.27. The number of methoxy groups -OCH3 is 1. The predicted molar refractivity (Wildman–Crippen MR) is 74.4 cm³/mol. The van der Waals surface area contributed by atoms with Crippen molar-refractivity contribution in [1.82, 2.24) is 4.31 Å². The summed E-state index contributed by atoms with van der Waals surface area (Å²) in [6.45, 7) is 2.26. The van der Waals surface area contributed by atoms with Crippen LogP contribution in [-0.2, 0) is 10.0 Å². The first-order valence-electron chi connectivity index (χ1n) is 6.13. The molecule has 0 fully saturated rings. The molecule has 0 amide bonds. The number of rotatable bonds is 7. The first-order chi connectivity index (χ1) is 9.34. The van der Waals surface area contributed by atoms with E-state index >= 15 is 0 Å². The fourth-order valence-corrected chi connectivity index (χ4v) is 3.00. The van der Waals surface area contributed by atoms with Gasteiger partial charge in [0.1, 0.15) is 5.75 Å². The molecule has 0 aliphatic rings. The maximum atomic E-state index is 12.3. The van der Waals surface area contributed by atoms with Gasteiger partial charge in [-0.3, -0.25) is 10.1 Å². The highest BCUT2D eigenvalue weighted by Crippen LogP contribution is 2.30. The number of nitrogens with zero attached hydrogens (tertiary/aromatic N) is 2. The molecule has 0 heterocycles. The molecule has 0 atom stereocenters. The van der Waals surface area contributed by atoms with E-state index in [1.165, 1.54) is 26.3 Å². The van der Waals surface area contributed by atoms with Gasteiger partial charge in [-0.2, -0.15) is 0 Å². The van der Waals surface area contributed by atoms with E-state index in [2.05, 4.69) is 0 Å². The third kappa shape index (κ3) is 3.45. The van der Waals surface area contributed by atoms with Crippen LogP contribution in [0.15, 0.2) is 23.1 Å². The number of unbranched alkanes of at least 4 members (excludes halogenated alkanes) is 1. The second kappa shape index (κ2) is 6.67. The summed E-state index contributed by atoms with van der Waals surface area (Å²) < 4.78 is 30.7. The molecule has 7 nitrogen and oxygen atoms in total. The predicted octanol–water partition coefficient (Wildman–Crippen LogP) is 2.02. The molecule has 1 aromatic carbocycles. The lowest BCUT2D eigenvalue weighted by atomic mass is 10.3. The largest absolute Gasteiger partial charge is 0.497 e.